The van der Waals surface area contributed by atoms with E-state index >= 15 is 0 Å². The number of rotatable bonds is 5. The van der Waals surface area contributed by atoms with E-state index in [2.05, 4.69) is 10.6 Å². The molecule has 194 valence electrons. The van der Waals surface area contributed by atoms with Crippen molar-refractivity contribution in [3.63, 3.8) is 0 Å². The first-order chi connectivity index (χ1) is 19.3. The highest BCUT2D eigenvalue weighted by molar-refractivity contribution is 6.31. The van der Waals surface area contributed by atoms with Gasteiger partial charge in [-0.3, -0.25) is 28.8 Å². The van der Waals surface area contributed by atoms with Gasteiger partial charge in [0.2, 0.25) is 11.8 Å². The zero-order valence-electron chi connectivity index (χ0n) is 20.9. The number of anilines is 2. The SMILES string of the molecule is O=C(CCC(=O)Nc1cccc2c1C(=O)c1ccccc1C2=O)Nc1cccc2c1C(=O)c1ccccc1C2=O. The number of benzene rings is 4. The van der Waals surface area contributed by atoms with Gasteiger partial charge < -0.3 is 10.6 Å². The standard InChI is InChI=1S/C32H20N2O6/c35-25(33-23-13-5-11-21-27(23)31(39)19-9-3-1-7-17(19)29(21)37)15-16-26(36)34-24-14-6-12-22-28(24)32(40)20-10-4-2-8-18(20)30(22)38/h1-14H,15-16H2,(H,33,35)(H,34,36). The number of hydrogen-bond donors (Lipinski definition) is 2. The van der Waals surface area contributed by atoms with Crippen molar-refractivity contribution >= 4 is 46.3 Å². The van der Waals surface area contributed by atoms with Crippen molar-refractivity contribution in [2.24, 2.45) is 0 Å². The highest BCUT2D eigenvalue weighted by Crippen LogP contribution is 2.33. The van der Waals surface area contributed by atoms with Crippen molar-refractivity contribution in [3.8, 4) is 0 Å². The molecule has 0 aliphatic heterocycles. The number of fused-ring (bicyclic) bond motifs is 4. The molecule has 2 amide bonds. The third-order valence-electron chi connectivity index (χ3n) is 7.03. The number of amides is 2. The topological polar surface area (TPSA) is 126 Å². The van der Waals surface area contributed by atoms with E-state index in [1.165, 1.54) is 12.1 Å². The van der Waals surface area contributed by atoms with Gasteiger partial charge in [0.05, 0.1) is 22.5 Å². The Bertz CT molecular complexity index is 1690. The van der Waals surface area contributed by atoms with Crippen LogP contribution in [0.3, 0.4) is 0 Å². The molecule has 2 aliphatic carbocycles. The van der Waals surface area contributed by atoms with Crippen molar-refractivity contribution in [2.45, 2.75) is 12.8 Å². The predicted molar refractivity (Wildman–Crippen MR) is 146 cm³/mol. The summed E-state index contributed by atoms with van der Waals surface area (Å²) in [5.74, 6) is -2.40. The average molecular weight is 529 g/mol. The second-order valence-corrected chi connectivity index (χ2v) is 9.46. The van der Waals surface area contributed by atoms with Gasteiger partial charge in [-0.1, -0.05) is 72.8 Å². The van der Waals surface area contributed by atoms with Gasteiger partial charge in [-0.25, -0.2) is 0 Å². The van der Waals surface area contributed by atoms with Gasteiger partial charge in [0, 0.05) is 46.2 Å². The molecule has 0 heterocycles. The van der Waals surface area contributed by atoms with E-state index in [4.69, 9.17) is 0 Å². The summed E-state index contributed by atoms with van der Waals surface area (Å²) in [6, 6.07) is 22.3. The summed E-state index contributed by atoms with van der Waals surface area (Å²) in [6.45, 7) is 0. The molecule has 40 heavy (non-hydrogen) atoms. The molecule has 0 radical (unpaired) electrons. The average Bonchev–Trinajstić information content (AvgIpc) is 2.97. The monoisotopic (exact) mass is 528 g/mol. The Morgan fingerprint density at radius 2 is 0.750 bits per heavy atom. The number of ketones is 4. The molecule has 0 atom stereocenters. The summed E-state index contributed by atoms with van der Waals surface area (Å²) in [5, 5.41) is 5.31. The van der Waals surface area contributed by atoms with Crippen LogP contribution in [-0.2, 0) is 9.59 Å². The van der Waals surface area contributed by atoms with Crippen LogP contribution in [0.25, 0.3) is 0 Å². The maximum Gasteiger partial charge on any atom is 0.224 e. The second kappa shape index (κ2) is 9.67. The fourth-order valence-electron chi connectivity index (χ4n) is 5.15. The lowest BCUT2D eigenvalue weighted by Gasteiger charge is -2.20. The van der Waals surface area contributed by atoms with Crippen LogP contribution < -0.4 is 10.6 Å². The minimum Gasteiger partial charge on any atom is -0.325 e. The molecular formula is C32H20N2O6. The van der Waals surface area contributed by atoms with Gasteiger partial charge in [-0.05, 0) is 12.1 Å². The van der Waals surface area contributed by atoms with Gasteiger partial charge in [-0.15, -0.1) is 0 Å². The van der Waals surface area contributed by atoms with Gasteiger partial charge in [0.25, 0.3) is 0 Å². The minimum absolute atomic E-state index is 0.114. The van der Waals surface area contributed by atoms with Crippen molar-refractivity contribution < 1.29 is 28.8 Å². The number of nitrogens with one attached hydrogen (secondary N) is 2. The molecule has 0 spiro atoms. The van der Waals surface area contributed by atoms with E-state index in [9.17, 15) is 28.8 Å². The Morgan fingerprint density at radius 3 is 1.12 bits per heavy atom. The van der Waals surface area contributed by atoms with Crippen LogP contribution in [0.1, 0.15) is 76.5 Å². The molecule has 0 bridgehead atoms. The molecule has 0 unspecified atom stereocenters. The third-order valence-corrected chi connectivity index (χ3v) is 7.03. The predicted octanol–water partition coefficient (Wildman–Crippen LogP) is 4.59. The summed E-state index contributed by atoms with van der Waals surface area (Å²) in [4.78, 5) is 77.7. The molecule has 4 aromatic carbocycles. The van der Waals surface area contributed by atoms with E-state index < -0.39 is 11.8 Å². The van der Waals surface area contributed by atoms with E-state index in [1.54, 1.807) is 72.8 Å². The number of carbonyl (C=O) groups is 6. The van der Waals surface area contributed by atoms with Crippen LogP contribution in [0, 0.1) is 0 Å². The maximum atomic E-state index is 13.2. The largest absolute Gasteiger partial charge is 0.325 e. The zero-order valence-corrected chi connectivity index (χ0v) is 20.9. The molecule has 2 N–H and O–H groups in total. The fourth-order valence-corrected chi connectivity index (χ4v) is 5.15. The molecule has 8 heteroatoms. The van der Waals surface area contributed by atoms with Crippen LogP contribution in [0.2, 0.25) is 0 Å². The van der Waals surface area contributed by atoms with Crippen LogP contribution in [0.4, 0.5) is 11.4 Å². The Hall–Kier alpha value is -5.50. The smallest absolute Gasteiger partial charge is 0.224 e. The van der Waals surface area contributed by atoms with E-state index in [-0.39, 0.29) is 80.7 Å². The summed E-state index contributed by atoms with van der Waals surface area (Å²) in [7, 11) is 0. The zero-order chi connectivity index (χ0) is 28.0. The van der Waals surface area contributed by atoms with Gasteiger partial charge >= 0.3 is 0 Å². The van der Waals surface area contributed by atoms with E-state index in [1.807, 2.05) is 0 Å². The normalized spacial score (nSPS) is 13.1. The molecule has 0 saturated carbocycles. The molecule has 4 aromatic rings. The Labute approximate surface area is 228 Å². The maximum absolute atomic E-state index is 13.2. The summed E-state index contributed by atoms with van der Waals surface area (Å²) < 4.78 is 0. The molecule has 0 saturated heterocycles. The van der Waals surface area contributed by atoms with Crippen LogP contribution in [0.5, 0.6) is 0 Å². The van der Waals surface area contributed by atoms with Crippen LogP contribution >= 0.6 is 0 Å². The Kier molecular flexibility index (Phi) is 6.00. The highest BCUT2D eigenvalue weighted by Gasteiger charge is 2.33. The summed E-state index contributed by atoms with van der Waals surface area (Å²) in [6.07, 6.45) is -0.447. The lowest BCUT2D eigenvalue weighted by atomic mass is 9.83. The fraction of sp³-hybridized carbons (Fsp3) is 0.0625. The quantitative estimate of drug-likeness (QED) is 0.337. The van der Waals surface area contributed by atoms with Crippen LogP contribution in [-0.4, -0.2) is 34.9 Å². The molecule has 0 fully saturated rings. The number of carbonyl (C=O) groups excluding carboxylic acids is 6. The van der Waals surface area contributed by atoms with E-state index in [0.29, 0.717) is 11.1 Å². The van der Waals surface area contributed by atoms with Crippen molar-refractivity contribution in [2.75, 3.05) is 10.6 Å². The van der Waals surface area contributed by atoms with Gasteiger partial charge in [-0.2, -0.15) is 0 Å². The first kappa shape index (κ1) is 24.8. The van der Waals surface area contributed by atoms with Crippen molar-refractivity contribution in [3.05, 3.63) is 129 Å². The Balaban J connectivity index is 1.16. The Morgan fingerprint density at radius 1 is 0.425 bits per heavy atom. The van der Waals surface area contributed by atoms with Crippen molar-refractivity contribution in [1.29, 1.82) is 0 Å². The third kappa shape index (κ3) is 4.03. The van der Waals surface area contributed by atoms with Crippen molar-refractivity contribution in [1.82, 2.24) is 0 Å². The van der Waals surface area contributed by atoms with E-state index in [0.717, 1.165) is 0 Å². The van der Waals surface area contributed by atoms with Crippen LogP contribution in [0.15, 0.2) is 84.9 Å². The molecule has 8 nitrogen and oxygen atoms in total. The molecule has 6 rings (SSSR count). The minimum atomic E-state index is -0.530. The first-order valence-corrected chi connectivity index (χ1v) is 12.6. The second-order valence-electron chi connectivity index (χ2n) is 9.46. The van der Waals surface area contributed by atoms with Gasteiger partial charge in [0.15, 0.2) is 23.1 Å². The molecule has 0 aromatic heterocycles. The lowest BCUT2D eigenvalue weighted by molar-refractivity contribution is -0.121. The summed E-state index contributed by atoms with van der Waals surface area (Å²) in [5.41, 5.74) is 2.17. The first-order valence-electron chi connectivity index (χ1n) is 12.6. The van der Waals surface area contributed by atoms with Gasteiger partial charge in [0.1, 0.15) is 0 Å². The summed E-state index contributed by atoms with van der Waals surface area (Å²) >= 11 is 0. The molecular weight excluding hydrogens is 508 g/mol. The molecule has 2 aliphatic rings. The number of hydrogen-bond acceptors (Lipinski definition) is 6. The highest BCUT2D eigenvalue weighted by atomic mass is 16.2. The lowest BCUT2D eigenvalue weighted by Crippen LogP contribution is -2.25.